The van der Waals surface area contributed by atoms with Crippen LogP contribution in [-0.2, 0) is 18.4 Å². The molecule has 0 saturated heterocycles. The summed E-state index contributed by atoms with van der Waals surface area (Å²) in [5.74, 6) is -0.110. The maximum absolute atomic E-state index is 11.2. The maximum Gasteiger partial charge on any atom is 0.305 e. The van der Waals surface area contributed by atoms with E-state index < -0.39 is 16.6 Å². The van der Waals surface area contributed by atoms with Gasteiger partial charge in [-0.1, -0.05) is 69.1 Å². The fraction of sp³-hybridized carbons (Fsp3) is 0.720. The molecule has 6 heteroatoms. The smallest absolute Gasteiger partial charge is 0.305 e. The molecule has 0 unspecified atom stereocenters. The Bertz CT molecular complexity index is 557. The maximum atomic E-state index is 11.2. The molecule has 0 fully saturated rings. The molecule has 0 heterocycles. The first-order valence-corrected chi connectivity index (χ1v) is 18.7. The van der Waals surface area contributed by atoms with Crippen LogP contribution in [0, 0.1) is 0 Å². The fourth-order valence-corrected chi connectivity index (χ4v) is 5.36. The highest BCUT2D eigenvalue weighted by Crippen LogP contribution is 2.23. The Kier molecular flexibility index (Phi) is 16.1. The number of allylic oxidation sites excluding steroid dienone is 5. The first-order valence-electron chi connectivity index (χ1n) is 11.9. The molecular weight excluding hydrogens is 420 g/mol. The minimum absolute atomic E-state index is 0.0162. The summed E-state index contributed by atoms with van der Waals surface area (Å²) >= 11 is 0. The minimum Gasteiger partial charge on any atom is -0.469 e. The molecule has 0 aliphatic heterocycles. The molecule has 0 saturated carbocycles. The largest absolute Gasteiger partial charge is 0.469 e. The monoisotopic (exact) mass is 468 g/mol. The van der Waals surface area contributed by atoms with Gasteiger partial charge in [0.1, 0.15) is 0 Å². The van der Waals surface area contributed by atoms with Crippen LogP contribution in [0.4, 0.5) is 0 Å². The van der Waals surface area contributed by atoms with Gasteiger partial charge < -0.3 is 13.6 Å². The predicted molar refractivity (Wildman–Crippen MR) is 138 cm³/mol. The Morgan fingerprint density at radius 2 is 1.39 bits per heavy atom. The molecule has 0 spiro atoms. The molecule has 0 aliphatic carbocycles. The highest BCUT2D eigenvalue weighted by molar-refractivity contribution is 6.70. The number of carbonyl (C=O) groups excluding carboxylic acids is 1. The van der Waals surface area contributed by atoms with Crippen LogP contribution in [0.2, 0.25) is 39.3 Å². The second-order valence-electron chi connectivity index (χ2n) is 9.95. The first kappa shape index (κ1) is 30.0. The van der Waals surface area contributed by atoms with E-state index in [0.29, 0.717) is 6.42 Å². The van der Waals surface area contributed by atoms with E-state index in [2.05, 4.69) is 82.7 Å². The summed E-state index contributed by atoms with van der Waals surface area (Å²) in [6.07, 6.45) is 20.6. The zero-order valence-electron chi connectivity index (χ0n) is 21.4. The van der Waals surface area contributed by atoms with Gasteiger partial charge in [0.25, 0.3) is 0 Å². The zero-order valence-corrected chi connectivity index (χ0v) is 23.4. The molecule has 0 aromatic carbocycles. The van der Waals surface area contributed by atoms with E-state index in [-0.39, 0.29) is 18.2 Å². The van der Waals surface area contributed by atoms with E-state index in [9.17, 15) is 4.79 Å². The normalized spacial score (nSPS) is 15.2. The summed E-state index contributed by atoms with van der Waals surface area (Å²) in [5.41, 5.74) is 0. The Morgan fingerprint density at radius 3 is 1.97 bits per heavy atom. The number of carbonyl (C=O) groups is 1. The molecule has 0 N–H and O–H groups in total. The third kappa shape index (κ3) is 19.5. The average Bonchev–Trinajstić information content (AvgIpc) is 2.66. The van der Waals surface area contributed by atoms with Crippen molar-refractivity contribution in [2.45, 2.75) is 110 Å². The molecular formula is C25H48O4Si2. The molecule has 180 valence electrons. The Hall–Kier alpha value is -0.956. The SMILES string of the molecule is CC/C=C/C=C/C=C/[C@@H](O[Si](C)(C)C)[C@H](CCCCCCCC(=O)OC)O[Si](C)(C)C. The van der Waals surface area contributed by atoms with E-state index in [1.807, 2.05) is 0 Å². The number of ether oxygens (including phenoxy) is 1. The number of hydrogen-bond acceptors (Lipinski definition) is 4. The first-order chi connectivity index (χ1) is 14.5. The van der Waals surface area contributed by atoms with Crippen LogP contribution in [0.1, 0.15) is 58.3 Å². The Balaban J connectivity index is 4.95. The van der Waals surface area contributed by atoms with Crippen LogP contribution in [0.25, 0.3) is 0 Å². The van der Waals surface area contributed by atoms with E-state index >= 15 is 0 Å². The van der Waals surface area contributed by atoms with Gasteiger partial charge in [-0.15, -0.1) is 0 Å². The zero-order chi connectivity index (χ0) is 23.8. The van der Waals surface area contributed by atoms with Crippen molar-refractivity contribution in [1.82, 2.24) is 0 Å². The topological polar surface area (TPSA) is 44.8 Å². The van der Waals surface area contributed by atoms with Crippen LogP contribution < -0.4 is 0 Å². The number of esters is 1. The quantitative estimate of drug-likeness (QED) is 0.0964. The lowest BCUT2D eigenvalue weighted by Crippen LogP contribution is -2.43. The van der Waals surface area contributed by atoms with Crippen LogP contribution in [0.15, 0.2) is 36.5 Å². The second-order valence-corrected chi connectivity index (χ2v) is 18.9. The van der Waals surface area contributed by atoms with Crippen molar-refractivity contribution in [3.05, 3.63) is 36.5 Å². The number of unbranched alkanes of at least 4 members (excludes halogenated alkanes) is 4. The van der Waals surface area contributed by atoms with Gasteiger partial charge in [-0.25, -0.2) is 0 Å². The van der Waals surface area contributed by atoms with Gasteiger partial charge in [-0.05, 0) is 58.5 Å². The Morgan fingerprint density at radius 1 is 0.806 bits per heavy atom. The molecule has 0 aromatic rings. The third-order valence-electron chi connectivity index (χ3n) is 4.46. The second kappa shape index (κ2) is 16.6. The highest BCUT2D eigenvalue weighted by Gasteiger charge is 2.30. The van der Waals surface area contributed by atoms with Crippen LogP contribution >= 0.6 is 0 Å². The lowest BCUT2D eigenvalue weighted by Gasteiger charge is -2.35. The lowest BCUT2D eigenvalue weighted by molar-refractivity contribution is -0.140. The third-order valence-corrected chi connectivity index (χ3v) is 6.45. The summed E-state index contributed by atoms with van der Waals surface area (Å²) in [7, 11) is -1.97. The summed E-state index contributed by atoms with van der Waals surface area (Å²) in [6, 6.07) is 0. The molecule has 4 nitrogen and oxygen atoms in total. The summed E-state index contributed by atoms with van der Waals surface area (Å²) in [5, 5.41) is 0. The van der Waals surface area contributed by atoms with Crippen molar-refractivity contribution in [2.75, 3.05) is 7.11 Å². The molecule has 0 bridgehead atoms. The van der Waals surface area contributed by atoms with Gasteiger partial charge in [0.2, 0.25) is 0 Å². The average molecular weight is 469 g/mol. The van der Waals surface area contributed by atoms with Gasteiger partial charge in [-0.2, -0.15) is 0 Å². The van der Waals surface area contributed by atoms with Gasteiger partial charge in [0.05, 0.1) is 19.3 Å². The molecule has 31 heavy (non-hydrogen) atoms. The molecule has 0 aromatic heterocycles. The standard InChI is InChI=1S/C25H48O4Si2/c1-9-10-11-12-14-17-20-23(28-30(3,4)5)24(29-31(6,7)8)21-18-15-13-16-19-22-25(26)27-2/h10-12,14,17,20,23-24H,9,13,15-16,18-19,21-22H2,1-8H3/b11-10+,14-12+,20-17+/t23-,24+/m1/s1. The molecule has 2 atom stereocenters. The molecule has 0 radical (unpaired) electrons. The van der Waals surface area contributed by atoms with E-state index in [4.69, 9.17) is 13.6 Å². The van der Waals surface area contributed by atoms with Crippen molar-refractivity contribution < 1.29 is 18.4 Å². The summed E-state index contributed by atoms with van der Waals surface area (Å²) in [4.78, 5) is 11.2. The van der Waals surface area contributed by atoms with Crippen molar-refractivity contribution in [2.24, 2.45) is 0 Å². The lowest BCUT2D eigenvalue weighted by atomic mass is 10.0. The Labute approximate surface area is 194 Å². The molecule has 0 rings (SSSR count). The number of methoxy groups -OCH3 is 1. The van der Waals surface area contributed by atoms with Crippen LogP contribution in [0.3, 0.4) is 0 Å². The van der Waals surface area contributed by atoms with Crippen molar-refractivity contribution >= 4 is 22.6 Å². The van der Waals surface area contributed by atoms with Gasteiger partial charge in [0, 0.05) is 6.42 Å². The van der Waals surface area contributed by atoms with Crippen molar-refractivity contribution in [3.8, 4) is 0 Å². The van der Waals surface area contributed by atoms with Gasteiger partial charge >= 0.3 is 5.97 Å². The van der Waals surface area contributed by atoms with Crippen molar-refractivity contribution in [1.29, 1.82) is 0 Å². The number of hydrogen-bond donors (Lipinski definition) is 0. The minimum atomic E-state index is -1.72. The number of rotatable bonds is 17. The van der Waals surface area contributed by atoms with Gasteiger partial charge in [0.15, 0.2) is 16.6 Å². The van der Waals surface area contributed by atoms with Crippen molar-refractivity contribution in [3.63, 3.8) is 0 Å². The van der Waals surface area contributed by atoms with E-state index in [1.165, 1.54) is 7.11 Å². The van der Waals surface area contributed by atoms with E-state index in [1.54, 1.807) is 0 Å². The predicted octanol–water partition coefficient (Wildman–Crippen LogP) is 7.41. The molecule has 0 amide bonds. The summed E-state index contributed by atoms with van der Waals surface area (Å²) in [6.45, 7) is 15.6. The molecule has 0 aliphatic rings. The summed E-state index contributed by atoms with van der Waals surface area (Å²) < 4.78 is 17.9. The van der Waals surface area contributed by atoms with Crippen LogP contribution in [-0.4, -0.2) is 41.9 Å². The van der Waals surface area contributed by atoms with E-state index in [0.717, 1.165) is 44.9 Å². The van der Waals surface area contributed by atoms with Gasteiger partial charge in [-0.3, -0.25) is 4.79 Å². The fourth-order valence-electron chi connectivity index (χ4n) is 3.16. The van der Waals surface area contributed by atoms with Crippen LogP contribution in [0.5, 0.6) is 0 Å². The highest BCUT2D eigenvalue weighted by atomic mass is 28.4.